The van der Waals surface area contributed by atoms with Crippen molar-refractivity contribution in [1.29, 1.82) is 0 Å². The normalized spacial score (nSPS) is 21.5. The van der Waals surface area contributed by atoms with Crippen LogP contribution >= 0.6 is 0 Å². The molecule has 1 atom stereocenters. The Hall–Kier alpha value is -1.16. The van der Waals surface area contributed by atoms with Crippen LogP contribution in [-0.4, -0.2) is 22.6 Å². The number of aryl methyl sites for hydroxylation is 1. The van der Waals surface area contributed by atoms with Gasteiger partial charge in [0.25, 0.3) is 0 Å². The molecule has 1 saturated heterocycles. The molecule has 15 heavy (non-hydrogen) atoms. The van der Waals surface area contributed by atoms with Crippen LogP contribution in [0.25, 0.3) is 0 Å². The molecule has 3 N–H and O–H groups in total. The monoisotopic (exact) mass is 206 g/mol. The van der Waals surface area contributed by atoms with Gasteiger partial charge in [0.15, 0.2) is 0 Å². The highest BCUT2D eigenvalue weighted by Gasteiger charge is 2.12. The van der Waals surface area contributed by atoms with Crippen molar-refractivity contribution in [3.05, 3.63) is 18.1 Å². The Morgan fingerprint density at radius 2 is 2.33 bits per heavy atom. The average Bonchev–Trinajstić information content (AvgIpc) is 2.28. The van der Waals surface area contributed by atoms with Gasteiger partial charge in [0.1, 0.15) is 12.1 Å². The van der Waals surface area contributed by atoms with E-state index < -0.39 is 0 Å². The number of piperidine rings is 1. The van der Waals surface area contributed by atoms with Crippen molar-refractivity contribution >= 4 is 5.82 Å². The van der Waals surface area contributed by atoms with Gasteiger partial charge in [-0.25, -0.2) is 9.97 Å². The first-order chi connectivity index (χ1) is 7.34. The van der Waals surface area contributed by atoms with E-state index in [1.807, 2.05) is 6.07 Å². The third kappa shape index (κ3) is 3.16. The molecule has 0 aromatic carbocycles. The van der Waals surface area contributed by atoms with E-state index in [1.54, 1.807) is 6.33 Å². The molecule has 4 nitrogen and oxygen atoms in total. The van der Waals surface area contributed by atoms with Gasteiger partial charge in [0.05, 0.1) is 0 Å². The lowest BCUT2D eigenvalue weighted by Crippen LogP contribution is -2.34. The van der Waals surface area contributed by atoms with E-state index in [0.29, 0.717) is 11.9 Å². The highest BCUT2D eigenvalue weighted by molar-refractivity contribution is 5.27. The zero-order valence-electron chi connectivity index (χ0n) is 8.95. The maximum absolute atomic E-state index is 5.60. The van der Waals surface area contributed by atoms with Crippen molar-refractivity contribution in [1.82, 2.24) is 15.3 Å². The number of nitrogens with one attached hydrogen (secondary N) is 1. The van der Waals surface area contributed by atoms with Crippen LogP contribution in [0, 0.1) is 0 Å². The summed E-state index contributed by atoms with van der Waals surface area (Å²) in [5, 5.41) is 3.53. The second kappa shape index (κ2) is 5.07. The molecule has 0 amide bonds. The highest BCUT2D eigenvalue weighted by atomic mass is 14.9. The molecule has 0 aliphatic carbocycles. The van der Waals surface area contributed by atoms with Gasteiger partial charge < -0.3 is 11.1 Å². The lowest BCUT2D eigenvalue weighted by atomic mass is 10.00. The van der Waals surface area contributed by atoms with Gasteiger partial charge >= 0.3 is 0 Å². The summed E-state index contributed by atoms with van der Waals surface area (Å²) in [4.78, 5) is 8.09. The lowest BCUT2D eigenvalue weighted by molar-refractivity contribution is 0.382. The molecule has 2 heterocycles. The van der Waals surface area contributed by atoms with Gasteiger partial charge in [-0.1, -0.05) is 6.42 Å². The largest absolute Gasteiger partial charge is 0.384 e. The summed E-state index contributed by atoms with van der Waals surface area (Å²) < 4.78 is 0. The van der Waals surface area contributed by atoms with Crippen LogP contribution in [-0.2, 0) is 6.42 Å². The van der Waals surface area contributed by atoms with Gasteiger partial charge in [-0.3, -0.25) is 0 Å². The van der Waals surface area contributed by atoms with Gasteiger partial charge in [0, 0.05) is 17.8 Å². The van der Waals surface area contributed by atoms with E-state index in [-0.39, 0.29) is 0 Å². The molecule has 0 spiro atoms. The highest BCUT2D eigenvalue weighted by Crippen LogP contribution is 2.12. The fourth-order valence-corrected chi connectivity index (χ4v) is 2.04. The predicted molar refractivity (Wildman–Crippen MR) is 60.4 cm³/mol. The summed E-state index contributed by atoms with van der Waals surface area (Å²) >= 11 is 0. The van der Waals surface area contributed by atoms with Crippen molar-refractivity contribution in [2.45, 2.75) is 38.1 Å². The molecule has 1 aromatic heterocycles. The molecule has 2 rings (SSSR count). The standard InChI is InChI=1S/C11H18N4/c12-11-7-10(14-8-15-11)5-4-9-3-1-2-6-13-9/h7-9,13H,1-6H2,(H2,12,14,15). The van der Waals surface area contributed by atoms with Crippen molar-refractivity contribution < 1.29 is 0 Å². The Kier molecular flexibility index (Phi) is 3.50. The van der Waals surface area contributed by atoms with Crippen LogP contribution in [0.2, 0.25) is 0 Å². The Balaban J connectivity index is 1.81. The summed E-state index contributed by atoms with van der Waals surface area (Å²) in [6.45, 7) is 1.16. The number of nitrogens with two attached hydrogens (primary N) is 1. The van der Waals surface area contributed by atoms with Gasteiger partial charge in [0.2, 0.25) is 0 Å². The minimum atomic E-state index is 0.566. The third-order valence-corrected chi connectivity index (χ3v) is 2.91. The fraction of sp³-hybridized carbons (Fsp3) is 0.636. The number of hydrogen-bond donors (Lipinski definition) is 2. The summed E-state index contributed by atoms with van der Waals surface area (Å²) in [5.74, 6) is 0.566. The third-order valence-electron chi connectivity index (χ3n) is 2.91. The Morgan fingerprint density at radius 3 is 3.07 bits per heavy atom. The average molecular weight is 206 g/mol. The number of hydrogen-bond acceptors (Lipinski definition) is 4. The second-order valence-corrected chi connectivity index (χ2v) is 4.12. The first-order valence-electron chi connectivity index (χ1n) is 5.64. The predicted octanol–water partition coefficient (Wildman–Crippen LogP) is 1.13. The van der Waals surface area contributed by atoms with Crippen LogP contribution < -0.4 is 11.1 Å². The van der Waals surface area contributed by atoms with Crippen LogP contribution in [0.3, 0.4) is 0 Å². The van der Waals surface area contributed by atoms with E-state index in [9.17, 15) is 0 Å². The zero-order chi connectivity index (χ0) is 10.5. The minimum absolute atomic E-state index is 0.566. The molecule has 0 radical (unpaired) electrons. The second-order valence-electron chi connectivity index (χ2n) is 4.12. The summed E-state index contributed by atoms with van der Waals surface area (Å²) in [6, 6.07) is 2.53. The lowest BCUT2D eigenvalue weighted by Gasteiger charge is -2.23. The Bertz CT molecular complexity index is 307. The van der Waals surface area contributed by atoms with E-state index in [2.05, 4.69) is 15.3 Å². The number of nitrogens with zero attached hydrogens (tertiary/aromatic N) is 2. The summed E-state index contributed by atoms with van der Waals surface area (Å²) in [5.41, 5.74) is 6.65. The van der Waals surface area contributed by atoms with Crippen LogP contribution in [0.5, 0.6) is 0 Å². The minimum Gasteiger partial charge on any atom is -0.384 e. The molecule has 1 unspecified atom stereocenters. The van der Waals surface area contributed by atoms with E-state index in [0.717, 1.165) is 25.1 Å². The fourth-order valence-electron chi connectivity index (χ4n) is 2.04. The quantitative estimate of drug-likeness (QED) is 0.778. The number of anilines is 1. The van der Waals surface area contributed by atoms with Crippen molar-refractivity contribution in [2.24, 2.45) is 0 Å². The zero-order valence-corrected chi connectivity index (χ0v) is 8.95. The molecule has 0 saturated carbocycles. The van der Waals surface area contributed by atoms with E-state index in [1.165, 1.54) is 19.3 Å². The topological polar surface area (TPSA) is 63.8 Å². The van der Waals surface area contributed by atoms with Crippen LogP contribution in [0.4, 0.5) is 5.82 Å². The maximum Gasteiger partial charge on any atom is 0.126 e. The molecule has 4 heteroatoms. The summed E-state index contributed by atoms with van der Waals surface area (Å²) in [6.07, 6.45) is 7.64. The molecule has 1 aliphatic heterocycles. The van der Waals surface area contributed by atoms with Gasteiger partial charge in [-0.15, -0.1) is 0 Å². The Morgan fingerprint density at radius 1 is 1.40 bits per heavy atom. The molecule has 1 aromatic rings. The first kappa shape index (κ1) is 10.4. The smallest absolute Gasteiger partial charge is 0.126 e. The van der Waals surface area contributed by atoms with Crippen molar-refractivity contribution in [3.63, 3.8) is 0 Å². The first-order valence-corrected chi connectivity index (χ1v) is 5.64. The number of aromatic nitrogens is 2. The SMILES string of the molecule is Nc1cc(CCC2CCCCN2)ncn1. The maximum atomic E-state index is 5.60. The summed E-state index contributed by atoms with van der Waals surface area (Å²) in [7, 11) is 0. The molecule has 0 bridgehead atoms. The molecular weight excluding hydrogens is 188 g/mol. The van der Waals surface area contributed by atoms with Crippen molar-refractivity contribution in [2.75, 3.05) is 12.3 Å². The van der Waals surface area contributed by atoms with Gasteiger partial charge in [-0.05, 0) is 32.2 Å². The number of rotatable bonds is 3. The molecule has 1 aliphatic rings. The van der Waals surface area contributed by atoms with Crippen LogP contribution in [0.15, 0.2) is 12.4 Å². The van der Waals surface area contributed by atoms with Crippen LogP contribution in [0.1, 0.15) is 31.4 Å². The van der Waals surface area contributed by atoms with Crippen molar-refractivity contribution in [3.8, 4) is 0 Å². The Labute approximate surface area is 90.3 Å². The molecular formula is C11H18N4. The van der Waals surface area contributed by atoms with E-state index >= 15 is 0 Å². The van der Waals surface area contributed by atoms with Gasteiger partial charge in [-0.2, -0.15) is 0 Å². The number of nitrogen functional groups attached to an aromatic ring is 1. The molecule has 1 fully saturated rings. The van der Waals surface area contributed by atoms with E-state index in [4.69, 9.17) is 5.73 Å². The molecule has 82 valence electrons.